The van der Waals surface area contributed by atoms with Crippen molar-refractivity contribution < 1.29 is 22.7 Å². The van der Waals surface area contributed by atoms with Gasteiger partial charge in [-0.15, -0.1) is 0 Å². The first-order valence-electron chi connectivity index (χ1n) is 12.4. The molecule has 1 aliphatic rings. The van der Waals surface area contributed by atoms with Crippen LogP contribution < -0.4 is 19.1 Å². The summed E-state index contributed by atoms with van der Waals surface area (Å²) in [6.45, 7) is 7.98. The third-order valence-electron chi connectivity index (χ3n) is 6.62. The zero-order valence-corrected chi connectivity index (χ0v) is 22.7. The molecular formula is C29H34N2O5S. The lowest BCUT2D eigenvalue weighted by atomic mass is 9.93. The minimum atomic E-state index is -3.77. The predicted molar refractivity (Wildman–Crippen MR) is 146 cm³/mol. The van der Waals surface area contributed by atoms with Crippen LogP contribution in [0.1, 0.15) is 55.0 Å². The van der Waals surface area contributed by atoms with Crippen molar-refractivity contribution in [1.29, 1.82) is 0 Å². The summed E-state index contributed by atoms with van der Waals surface area (Å²) >= 11 is 0. The molecule has 0 aromatic heterocycles. The van der Waals surface area contributed by atoms with Crippen molar-refractivity contribution in [1.82, 2.24) is 5.32 Å². The van der Waals surface area contributed by atoms with Crippen LogP contribution in [-0.2, 0) is 20.6 Å². The van der Waals surface area contributed by atoms with E-state index in [1.165, 1.54) is 4.31 Å². The highest BCUT2D eigenvalue weighted by Crippen LogP contribution is 2.36. The van der Waals surface area contributed by atoms with E-state index >= 15 is 0 Å². The molecule has 0 radical (unpaired) electrons. The van der Waals surface area contributed by atoms with Crippen LogP contribution in [0.15, 0.2) is 66.7 Å². The van der Waals surface area contributed by atoms with Crippen molar-refractivity contribution in [2.75, 3.05) is 18.0 Å². The molecule has 0 spiro atoms. The van der Waals surface area contributed by atoms with Gasteiger partial charge in [0.15, 0.2) is 6.10 Å². The van der Waals surface area contributed by atoms with E-state index < -0.39 is 16.1 Å². The number of hydrogen-bond donors (Lipinski definition) is 1. The Bertz CT molecular complexity index is 1370. The third-order valence-corrected chi connectivity index (χ3v) is 8.34. The number of amides is 1. The molecule has 0 unspecified atom stereocenters. The normalized spacial score (nSPS) is 16.1. The number of aryl methyl sites for hydroxylation is 1. The Morgan fingerprint density at radius 3 is 2.41 bits per heavy atom. The van der Waals surface area contributed by atoms with Gasteiger partial charge in [-0.3, -0.25) is 9.10 Å². The quantitative estimate of drug-likeness (QED) is 0.445. The van der Waals surface area contributed by atoms with E-state index in [0.29, 0.717) is 17.0 Å². The molecule has 3 aromatic carbocycles. The average Bonchev–Trinajstić information content (AvgIpc) is 2.87. The van der Waals surface area contributed by atoms with Gasteiger partial charge in [0.1, 0.15) is 11.5 Å². The lowest BCUT2D eigenvalue weighted by Gasteiger charge is -2.35. The largest absolute Gasteiger partial charge is 0.496 e. The molecule has 7 nitrogen and oxygen atoms in total. The number of carbonyl (C=O) groups is 1. The molecule has 1 heterocycles. The van der Waals surface area contributed by atoms with E-state index in [-0.39, 0.29) is 30.2 Å². The highest BCUT2D eigenvalue weighted by Gasteiger charge is 2.37. The number of para-hydroxylation sites is 2. The second kappa shape index (κ2) is 10.8. The Balaban J connectivity index is 1.58. The molecule has 0 fully saturated rings. The van der Waals surface area contributed by atoms with Crippen molar-refractivity contribution in [3.63, 3.8) is 0 Å². The molecule has 1 aliphatic heterocycles. The molecule has 0 saturated carbocycles. The van der Waals surface area contributed by atoms with Gasteiger partial charge < -0.3 is 14.8 Å². The highest BCUT2D eigenvalue weighted by molar-refractivity contribution is 7.92. The van der Waals surface area contributed by atoms with Gasteiger partial charge >= 0.3 is 0 Å². The summed E-state index contributed by atoms with van der Waals surface area (Å²) in [6, 6.07) is 19.7. The fraction of sp³-hybridized carbons (Fsp3) is 0.345. The van der Waals surface area contributed by atoms with Gasteiger partial charge in [-0.1, -0.05) is 56.3 Å². The number of methoxy groups -OCH3 is 1. The molecule has 0 saturated heterocycles. The molecule has 196 valence electrons. The van der Waals surface area contributed by atoms with Gasteiger partial charge in [0.25, 0.3) is 5.91 Å². The minimum absolute atomic E-state index is 0.108. The summed E-state index contributed by atoms with van der Waals surface area (Å²) in [6.07, 6.45) is -0.994. The Morgan fingerprint density at radius 1 is 1.05 bits per heavy atom. The average molecular weight is 523 g/mol. The Kier molecular flexibility index (Phi) is 7.78. The number of fused-ring (bicyclic) bond motifs is 1. The van der Waals surface area contributed by atoms with Crippen LogP contribution >= 0.6 is 0 Å². The smallest absolute Gasteiger partial charge is 0.263 e. The maximum Gasteiger partial charge on any atom is 0.263 e. The summed E-state index contributed by atoms with van der Waals surface area (Å²) < 4.78 is 39.8. The summed E-state index contributed by atoms with van der Waals surface area (Å²) in [5.74, 6) is 0.889. The molecule has 4 rings (SSSR count). The molecule has 1 N–H and O–H groups in total. The van der Waals surface area contributed by atoms with Crippen molar-refractivity contribution >= 4 is 21.6 Å². The number of sulfonamides is 1. The zero-order chi connectivity index (χ0) is 26.7. The first kappa shape index (κ1) is 26.5. The van der Waals surface area contributed by atoms with Crippen LogP contribution in [0.25, 0.3) is 0 Å². The lowest BCUT2D eigenvalue weighted by molar-refractivity contribution is -0.128. The van der Waals surface area contributed by atoms with Crippen molar-refractivity contribution in [2.45, 2.75) is 51.5 Å². The van der Waals surface area contributed by atoms with E-state index in [2.05, 4.69) is 25.2 Å². The molecule has 0 bridgehead atoms. The zero-order valence-electron chi connectivity index (χ0n) is 21.9. The van der Waals surface area contributed by atoms with Crippen molar-refractivity contribution in [2.24, 2.45) is 0 Å². The number of hydrogen-bond acceptors (Lipinski definition) is 5. The number of benzene rings is 3. The Hall–Kier alpha value is -3.52. The standard InChI is InChI=1S/C29H34N2O5S/c1-19(2)23-16-24(20(3)15-27(23)35-5)21(4)30-29(32)28-17-31(25-13-9-10-14-26(25)36-28)37(33,34)18-22-11-7-6-8-12-22/h6-16,19,21,28H,17-18H2,1-5H3,(H,30,32)/t21-,28-/m0/s1. The van der Waals surface area contributed by atoms with E-state index in [1.807, 2.05) is 38.1 Å². The molecule has 1 amide bonds. The van der Waals surface area contributed by atoms with Crippen LogP contribution in [0.3, 0.4) is 0 Å². The van der Waals surface area contributed by atoms with Gasteiger partial charge in [0.2, 0.25) is 10.0 Å². The molecule has 2 atom stereocenters. The molecule has 3 aromatic rings. The fourth-order valence-corrected chi connectivity index (χ4v) is 6.24. The fourth-order valence-electron chi connectivity index (χ4n) is 4.66. The second-order valence-electron chi connectivity index (χ2n) is 9.68. The van der Waals surface area contributed by atoms with Crippen LogP contribution in [0, 0.1) is 6.92 Å². The predicted octanol–water partition coefficient (Wildman–Crippen LogP) is 5.10. The first-order chi connectivity index (χ1) is 17.6. The summed E-state index contributed by atoms with van der Waals surface area (Å²) in [5, 5.41) is 3.04. The van der Waals surface area contributed by atoms with Crippen LogP contribution in [0.4, 0.5) is 5.69 Å². The van der Waals surface area contributed by atoms with Crippen molar-refractivity contribution in [3.8, 4) is 11.5 Å². The molecular weight excluding hydrogens is 488 g/mol. The number of nitrogens with zero attached hydrogens (tertiary/aromatic N) is 1. The first-order valence-corrected chi connectivity index (χ1v) is 14.0. The molecule has 0 aliphatic carbocycles. The minimum Gasteiger partial charge on any atom is -0.496 e. The second-order valence-corrected chi connectivity index (χ2v) is 11.6. The van der Waals surface area contributed by atoms with Gasteiger partial charge in [-0.2, -0.15) is 0 Å². The lowest BCUT2D eigenvalue weighted by Crippen LogP contribution is -2.51. The number of ether oxygens (including phenoxy) is 2. The van der Waals surface area contributed by atoms with Gasteiger partial charge in [-0.25, -0.2) is 8.42 Å². The molecule has 8 heteroatoms. The number of carbonyl (C=O) groups excluding carboxylic acids is 1. The molecule has 37 heavy (non-hydrogen) atoms. The Labute approximate surface area is 219 Å². The van der Waals surface area contributed by atoms with Crippen molar-refractivity contribution in [3.05, 3.63) is 89.0 Å². The van der Waals surface area contributed by atoms with Gasteiger partial charge in [0.05, 0.1) is 31.1 Å². The SMILES string of the molecule is COc1cc(C)c([C@H](C)NC(=O)[C@@H]2CN(S(=O)(=O)Cc3ccccc3)c3ccccc3O2)cc1C(C)C. The monoisotopic (exact) mass is 522 g/mol. The maximum atomic E-state index is 13.5. The highest BCUT2D eigenvalue weighted by atomic mass is 32.2. The number of nitrogens with one attached hydrogen (secondary N) is 1. The third kappa shape index (κ3) is 5.74. The van der Waals surface area contributed by atoms with E-state index in [0.717, 1.165) is 22.4 Å². The van der Waals surface area contributed by atoms with Crippen LogP contribution in [0.5, 0.6) is 11.5 Å². The summed E-state index contributed by atoms with van der Waals surface area (Å²) in [5.41, 5.74) is 4.14. The van der Waals surface area contributed by atoms with E-state index in [1.54, 1.807) is 43.5 Å². The summed E-state index contributed by atoms with van der Waals surface area (Å²) in [4.78, 5) is 13.4. The van der Waals surface area contributed by atoms with Gasteiger partial charge in [-0.05, 0) is 66.3 Å². The van der Waals surface area contributed by atoms with E-state index in [9.17, 15) is 13.2 Å². The number of rotatable bonds is 8. The topological polar surface area (TPSA) is 84.9 Å². The van der Waals surface area contributed by atoms with Crippen LogP contribution in [0.2, 0.25) is 0 Å². The van der Waals surface area contributed by atoms with E-state index in [4.69, 9.17) is 9.47 Å². The van der Waals surface area contributed by atoms with Gasteiger partial charge in [0, 0.05) is 0 Å². The maximum absolute atomic E-state index is 13.5. The number of anilines is 1. The Morgan fingerprint density at radius 2 is 1.73 bits per heavy atom. The van der Waals surface area contributed by atoms with Crippen LogP contribution in [-0.4, -0.2) is 34.1 Å². The summed E-state index contributed by atoms with van der Waals surface area (Å²) in [7, 11) is -2.11.